The standard InChI is InChI=1S/C13H26N2O/c1-4-5-6-7-11(3)15-13(16)12-10(2)8-9-14-12/h10-12,14H,4-9H2,1-3H3,(H,15,16). The normalized spacial score (nSPS) is 26.7. The molecular weight excluding hydrogens is 200 g/mol. The first-order valence-electron chi connectivity index (χ1n) is 6.69. The zero-order valence-electron chi connectivity index (χ0n) is 10.9. The van der Waals surface area contributed by atoms with Crippen LogP contribution in [0.3, 0.4) is 0 Å². The quantitative estimate of drug-likeness (QED) is 0.681. The summed E-state index contributed by atoms with van der Waals surface area (Å²) in [4.78, 5) is 11.9. The fraction of sp³-hybridized carbons (Fsp3) is 0.923. The van der Waals surface area contributed by atoms with Crippen LogP contribution in [-0.4, -0.2) is 24.5 Å². The van der Waals surface area contributed by atoms with Gasteiger partial charge in [0.15, 0.2) is 0 Å². The molecule has 1 heterocycles. The van der Waals surface area contributed by atoms with Crippen molar-refractivity contribution in [2.75, 3.05) is 6.54 Å². The summed E-state index contributed by atoms with van der Waals surface area (Å²) in [5.74, 6) is 0.664. The van der Waals surface area contributed by atoms with Crippen LogP contribution >= 0.6 is 0 Å². The third-order valence-corrected chi connectivity index (χ3v) is 3.44. The van der Waals surface area contributed by atoms with E-state index < -0.39 is 0 Å². The van der Waals surface area contributed by atoms with Crippen molar-refractivity contribution in [2.24, 2.45) is 5.92 Å². The lowest BCUT2D eigenvalue weighted by atomic mass is 10.0. The average molecular weight is 226 g/mol. The summed E-state index contributed by atoms with van der Waals surface area (Å²) in [6, 6.07) is 0.349. The highest BCUT2D eigenvalue weighted by atomic mass is 16.2. The van der Waals surface area contributed by atoms with E-state index in [0.717, 1.165) is 19.4 Å². The van der Waals surface area contributed by atoms with Crippen molar-refractivity contribution in [1.82, 2.24) is 10.6 Å². The van der Waals surface area contributed by atoms with Crippen LogP contribution in [0.15, 0.2) is 0 Å². The zero-order valence-corrected chi connectivity index (χ0v) is 10.9. The van der Waals surface area contributed by atoms with E-state index in [0.29, 0.717) is 12.0 Å². The zero-order chi connectivity index (χ0) is 12.0. The van der Waals surface area contributed by atoms with Gasteiger partial charge in [-0.15, -0.1) is 0 Å². The molecule has 0 aliphatic carbocycles. The highest BCUT2D eigenvalue weighted by Gasteiger charge is 2.29. The fourth-order valence-electron chi connectivity index (χ4n) is 2.29. The molecule has 1 rings (SSSR count). The molecule has 0 spiro atoms. The predicted octanol–water partition coefficient (Wildman–Crippen LogP) is 2.07. The Morgan fingerprint density at radius 1 is 1.50 bits per heavy atom. The third kappa shape index (κ3) is 4.12. The van der Waals surface area contributed by atoms with Gasteiger partial charge in [0.1, 0.15) is 0 Å². The molecule has 0 saturated carbocycles. The van der Waals surface area contributed by atoms with Crippen molar-refractivity contribution in [3.63, 3.8) is 0 Å². The van der Waals surface area contributed by atoms with Crippen LogP contribution in [0.1, 0.15) is 52.9 Å². The number of hydrogen-bond acceptors (Lipinski definition) is 2. The maximum atomic E-state index is 11.9. The van der Waals surface area contributed by atoms with Crippen molar-refractivity contribution in [1.29, 1.82) is 0 Å². The van der Waals surface area contributed by atoms with Gasteiger partial charge >= 0.3 is 0 Å². The Kier molecular flexibility index (Phi) is 5.81. The number of hydrogen-bond donors (Lipinski definition) is 2. The van der Waals surface area contributed by atoms with Gasteiger partial charge in [0, 0.05) is 6.04 Å². The number of carbonyl (C=O) groups excluding carboxylic acids is 1. The van der Waals surface area contributed by atoms with E-state index in [1.807, 2.05) is 0 Å². The lowest BCUT2D eigenvalue weighted by Gasteiger charge is -2.19. The van der Waals surface area contributed by atoms with Gasteiger partial charge in [-0.3, -0.25) is 4.79 Å². The Balaban J connectivity index is 2.22. The lowest BCUT2D eigenvalue weighted by Crippen LogP contribution is -2.46. The molecular formula is C13H26N2O. The number of amides is 1. The molecule has 3 atom stereocenters. The molecule has 2 N–H and O–H groups in total. The summed E-state index contributed by atoms with van der Waals surface area (Å²) in [7, 11) is 0. The Morgan fingerprint density at radius 2 is 2.25 bits per heavy atom. The molecule has 0 aromatic rings. The van der Waals surface area contributed by atoms with Crippen LogP contribution in [0.2, 0.25) is 0 Å². The van der Waals surface area contributed by atoms with Gasteiger partial charge in [0.25, 0.3) is 0 Å². The first-order valence-corrected chi connectivity index (χ1v) is 6.69. The molecule has 1 fully saturated rings. The van der Waals surface area contributed by atoms with E-state index in [1.165, 1.54) is 19.3 Å². The molecule has 0 bridgehead atoms. The first kappa shape index (κ1) is 13.5. The molecule has 0 aromatic carbocycles. The van der Waals surface area contributed by atoms with E-state index in [-0.39, 0.29) is 11.9 Å². The predicted molar refractivity (Wildman–Crippen MR) is 67.3 cm³/mol. The SMILES string of the molecule is CCCCCC(C)NC(=O)C1NCCC1C. The molecule has 3 nitrogen and oxygen atoms in total. The van der Waals surface area contributed by atoms with Crippen LogP contribution in [0.5, 0.6) is 0 Å². The monoisotopic (exact) mass is 226 g/mol. The van der Waals surface area contributed by atoms with Crippen LogP contribution in [-0.2, 0) is 4.79 Å². The molecule has 1 saturated heterocycles. The topological polar surface area (TPSA) is 41.1 Å². The minimum atomic E-state index is 0.0358. The van der Waals surface area contributed by atoms with Gasteiger partial charge in [-0.25, -0.2) is 0 Å². The highest BCUT2D eigenvalue weighted by Crippen LogP contribution is 2.14. The number of nitrogens with one attached hydrogen (secondary N) is 2. The molecule has 1 aliphatic rings. The van der Waals surface area contributed by atoms with Crippen LogP contribution in [0.4, 0.5) is 0 Å². The summed E-state index contributed by atoms with van der Waals surface area (Å²) < 4.78 is 0. The molecule has 94 valence electrons. The molecule has 3 heteroatoms. The largest absolute Gasteiger partial charge is 0.352 e. The lowest BCUT2D eigenvalue weighted by molar-refractivity contribution is -0.124. The fourth-order valence-corrected chi connectivity index (χ4v) is 2.29. The Labute approximate surface area is 99.4 Å². The van der Waals surface area contributed by atoms with Crippen molar-refractivity contribution in [3.8, 4) is 0 Å². The summed E-state index contributed by atoms with van der Waals surface area (Å²) in [6.07, 6.45) is 5.93. The average Bonchev–Trinajstić information content (AvgIpc) is 2.65. The van der Waals surface area contributed by atoms with Crippen molar-refractivity contribution in [3.05, 3.63) is 0 Å². The molecule has 0 radical (unpaired) electrons. The van der Waals surface area contributed by atoms with Crippen molar-refractivity contribution < 1.29 is 4.79 Å². The Hall–Kier alpha value is -0.570. The van der Waals surface area contributed by atoms with E-state index in [2.05, 4.69) is 31.4 Å². The van der Waals surface area contributed by atoms with Gasteiger partial charge in [0.05, 0.1) is 6.04 Å². The minimum absolute atomic E-state index is 0.0358. The van der Waals surface area contributed by atoms with Gasteiger partial charge in [0.2, 0.25) is 5.91 Å². The molecule has 0 aromatic heterocycles. The molecule has 16 heavy (non-hydrogen) atoms. The van der Waals surface area contributed by atoms with Crippen LogP contribution in [0, 0.1) is 5.92 Å². The van der Waals surface area contributed by atoms with E-state index >= 15 is 0 Å². The Bertz CT molecular complexity index is 218. The van der Waals surface area contributed by atoms with E-state index in [9.17, 15) is 4.79 Å². The molecule has 1 aliphatic heterocycles. The first-order chi connectivity index (χ1) is 7.65. The number of unbranched alkanes of at least 4 members (excludes halogenated alkanes) is 2. The third-order valence-electron chi connectivity index (χ3n) is 3.44. The number of rotatable bonds is 6. The minimum Gasteiger partial charge on any atom is -0.352 e. The maximum absolute atomic E-state index is 11.9. The van der Waals surface area contributed by atoms with E-state index in [4.69, 9.17) is 0 Å². The second-order valence-corrected chi connectivity index (χ2v) is 5.10. The summed E-state index contributed by atoms with van der Waals surface area (Å²) in [6.45, 7) is 7.43. The summed E-state index contributed by atoms with van der Waals surface area (Å²) in [5.41, 5.74) is 0. The van der Waals surface area contributed by atoms with Crippen LogP contribution < -0.4 is 10.6 Å². The van der Waals surface area contributed by atoms with Gasteiger partial charge in [-0.05, 0) is 32.2 Å². The second-order valence-electron chi connectivity index (χ2n) is 5.10. The van der Waals surface area contributed by atoms with Gasteiger partial charge < -0.3 is 10.6 Å². The second kappa shape index (κ2) is 6.89. The van der Waals surface area contributed by atoms with Gasteiger partial charge in [-0.2, -0.15) is 0 Å². The molecule has 1 amide bonds. The molecule has 3 unspecified atom stereocenters. The summed E-state index contributed by atoms with van der Waals surface area (Å²) >= 11 is 0. The van der Waals surface area contributed by atoms with E-state index in [1.54, 1.807) is 0 Å². The maximum Gasteiger partial charge on any atom is 0.237 e. The number of carbonyl (C=O) groups is 1. The van der Waals surface area contributed by atoms with Crippen molar-refractivity contribution >= 4 is 5.91 Å². The van der Waals surface area contributed by atoms with Gasteiger partial charge in [-0.1, -0.05) is 33.1 Å². The van der Waals surface area contributed by atoms with Crippen molar-refractivity contribution in [2.45, 2.75) is 65.0 Å². The summed E-state index contributed by atoms with van der Waals surface area (Å²) in [5, 5.41) is 6.38. The Morgan fingerprint density at radius 3 is 2.81 bits per heavy atom. The highest BCUT2D eigenvalue weighted by molar-refractivity contribution is 5.82. The van der Waals surface area contributed by atoms with Crippen LogP contribution in [0.25, 0.3) is 0 Å². The smallest absolute Gasteiger partial charge is 0.237 e.